The highest BCUT2D eigenvalue weighted by Crippen LogP contribution is 2.32. The highest BCUT2D eigenvalue weighted by atomic mass is 16.5. The molecule has 0 fully saturated rings. The summed E-state index contributed by atoms with van der Waals surface area (Å²) in [5.74, 6) is 3.48. The lowest BCUT2D eigenvalue weighted by Gasteiger charge is -2.15. The lowest BCUT2D eigenvalue weighted by atomic mass is 10.2. The summed E-state index contributed by atoms with van der Waals surface area (Å²) in [6.45, 7) is 1.68. The zero-order valence-electron chi connectivity index (χ0n) is 17.3. The molecule has 0 aliphatic carbocycles. The third-order valence-electron chi connectivity index (χ3n) is 4.29. The van der Waals surface area contributed by atoms with Crippen molar-refractivity contribution in [1.82, 2.24) is 14.9 Å². The van der Waals surface area contributed by atoms with E-state index in [0.717, 1.165) is 35.9 Å². The lowest BCUT2D eigenvalue weighted by Crippen LogP contribution is -2.21. The number of likely N-dealkylation sites (N-methyl/N-ethyl adjacent to an activating group) is 1. The molecule has 1 aromatic heterocycles. The first kappa shape index (κ1) is 20.4. The molecule has 1 heterocycles. The molecule has 0 saturated carbocycles. The van der Waals surface area contributed by atoms with E-state index in [1.807, 2.05) is 68.7 Å². The van der Waals surface area contributed by atoms with Crippen LogP contribution in [-0.2, 0) is 0 Å². The van der Waals surface area contributed by atoms with Crippen LogP contribution in [0.4, 0.5) is 17.3 Å². The van der Waals surface area contributed by atoms with Crippen molar-refractivity contribution in [3.63, 3.8) is 0 Å². The van der Waals surface area contributed by atoms with Crippen LogP contribution in [-0.4, -0.2) is 56.3 Å². The molecule has 3 aromatic rings. The van der Waals surface area contributed by atoms with Gasteiger partial charge in [-0.25, -0.2) is 9.97 Å². The number of ether oxygens (including phenoxy) is 2. The first-order valence-electron chi connectivity index (χ1n) is 9.41. The van der Waals surface area contributed by atoms with Gasteiger partial charge in [0.2, 0.25) is 0 Å². The van der Waals surface area contributed by atoms with E-state index < -0.39 is 0 Å². The van der Waals surface area contributed by atoms with Crippen LogP contribution in [0.2, 0.25) is 0 Å². The second-order valence-electron chi connectivity index (χ2n) is 6.75. The SMILES string of the molecule is COc1ccc(Nc2cc(NCCN(C)C)nc(-c3ccccc3)n2)c(OC)c1. The molecule has 0 saturated heterocycles. The quantitative estimate of drug-likeness (QED) is 0.572. The molecule has 3 rings (SSSR count). The number of anilines is 3. The van der Waals surface area contributed by atoms with Crippen LogP contribution in [0.15, 0.2) is 54.6 Å². The Morgan fingerprint density at radius 3 is 2.34 bits per heavy atom. The molecular weight excluding hydrogens is 366 g/mol. The van der Waals surface area contributed by atoms with E-state index in [1.165, 1.54) is 0 Å². The molecular formula is C22H27N5O2. The average molecular weight is 393 g/mol. The Bertz CT molecular complexity index is 932. The fraction of sp³-hybridized carbons (Fsp3) is 0.273. The van der Waals surface area contributed by atoms with Gasteiger partial charge >= 0.3 is 0 Å². The van der Waals surface area contributed by atoms with Gasteiger partial charge in [0.25, 0.3) is 0 Å². The minimum atomic E-state index is 0.649. The molecule has 7 nitrogen and oxygen atoms in total. The molecule has 2 N–H and O–H groups in total. The summed E-state index contributed by atoms with van der Waals surface area (Å²) >= 11 is 0. The van der Waals surface area contributed by atoms with Crippen LogP contribution in [0.3, 0.4) is 0 Å². The van der Waals surface area contributed by atoms with Crippen molar-refractivity contribution in [3.05, 3.63) is 54.6 Å². The highest BCUT2D eigenvalue weighted by molar-refractivity contribution is 5.69. The summed E-state index contributed by atoms with van der Waals surface area (Å²) in [6.07, 6.45) is 0. The van der Waals surface area contributed by atoms with Gasteiger partial charge in [-0.3, -0.25) is 0 Å². The Morgan fingerprint density at radius 2 is 1.66 bits per heavy atom. The number of hydrogen-bond acceptors (Lipinski definition) is 7. The van der Waals surface area contributed by atoms with Crippen LogP contribution >= 0.6 is 0 Å². The van der Waals surface area contributed by atoms with Crippen LogP contribution < -0.4 is 20.1 Å². The van der Waals surface area contributed by atoms with Crippen molar-refractivity contribution in [2.45, 2.75) is 0 Å². The van der Waals surface area contributed by atoms with Gasteiger partial charge in [0.05, 0.1) is 19.9 Å². The number of nitrogens with one attached hydrogen (secondary N) is 2. The molecule has 152 valence electrons. The summed E-state index contributed by atoms with van der Waals surface area (Å²) in [7, 11) is 7.34. The van der Waals surface area contributed by atoms with Gasteiger partial charge in [-0.05, 0) is 26.2 Å². The van der Waals surface area contributed by atoms with E-state index in [-0.39, 0.29) is 0 Å². The first-order chi connectivity index (χ1) is 14.1. The van der Waals surface area contributed by atoms with Crippen LogP contribution in [0.25, 0.3) is 11.4 Å². The molecule has 0 unspecified atom stereocenters. The Labute approximate surface area is 171 Å². The van der Waals surface area contributed by atoms with Gasteiger partial charge in [0.1, 0.15) is 23.1 Å². The van der Waals surface area contributed by atoms with Gasteiger partial charge in [0.15, 0.2) is 5.82 Å². The molecule has 7 heteroatoms. The fourth-order valence-electron chi connectivity index (χ4n) is 2.77. The number of nitrogens with zero attached hydrogens (tertiary/aromatic N) is 3. The largest absolute Gasteiger partial charge is 0.497 e. The van der Waals surface area contributed by atoms with Gasteiger partial charge in [-0.1, -0.05) is 30.3 Å². The molecule has 29 heavy (non-hydrogen) atoms. The Kier molecular flexibility index (Phi) is 6.86. The summed E-state index contributed by atoms with van der Waals surface area (Å²) in [4.78, 5) is 11.5. The second-order valence-corrected chi connectivity index (χ2v) is 6.75. The maximum atomic E-state index is 5.49. The fourth-order valence-corrected chi connectivity index (χ4v) is 2.77. The van der Waals surface area contributed by atoms with E-state index in [1.54, 1.807) is 14.2 Å². The minimum Gasteiger partial charge on any atom is -0.497 e. The van der Waals surface area contributed by atoms with Crippen molar-refractivity contribution in [3.8, 4) is 22.9 Å². The molecule has 0 aliphatic rings. The smallest absolute Gasteiger partial charge is 0.163 e. The molecule has 0 amide bonds. The zero-order chi connectivity index (χ0) is 20.6. The second kappa shape index (κ2) is 9.75. The zero-order valence-corrected chi connectivity index (χ0v) is 17.3. The normalized spacial score (nSPS) is 10.7. The average Bonchev–Trinajstić information content (AvgIpc) is 2.74. The molecule has 0 bridgehead atoms. The van der Waals surface area contributed by atoms with Crippen molar-refractivity contribution in [2.24, 2.45) is 0 Å². The number of benzene rings is 2. The van der Waals surface area contributed by atoms with Crippen molar-refractivity contribution >= 4 is 17.3 Å². The molecule has 0 radical (unpaired) electrons. The highest BCUT2D eigenvalue weighted by Gasteiger charge is 2.10. The van der Waals surface area contributed by atoms with Crippen LogP contribution in [0, 0.1) is 0 Å². The van der Waals surface area contributed by atoms with Crippen molar-refractivity contribution < 1.29 is 9.47 Å². The number of methoxy groups -OCH3 is 2. The first-order valence-corrected chi connectivity index (χ1v) is 9.41. The molecule has 0 aliphatic heterocycles. The Morgan fingerprint density at radius 1 is 0.897 bits per heavy atom. The molecule has 2 aromatic carbocycles. The van der Waals surface area contributed by atoms with Gasteiger partial charge in [0, 0.05) is 30.8 Å². The van der Waals surface area contributed by atoms with E-state index in [4.69, 9.17) is 14.5 Å². The van der Waals surface area contributed by atoms with Crippen molar-refractivity contribution in [1.29, 1.82) is 0 Å². The van der Waals surface area contributed by atoms with Crippen LogP contribution in [0.1, 0.15) is 0 Å². The van der Waals surface area contributed by atoms with Gasteiger partial charge in [-0.2, -0.15) is 0 Å². The predicted molar refractivity (Wildman–Crippen MR) is 117 cm³/mol. The Balaban J connectivity index is 1.92. The number of aromatic nitrogens is 2. The van der Waals surface area contributed by atoms with Gasteiger partial charge < -0.3 is 25.0 Å². The summed E-state index contributed by atoms with van der Waals surface area (Å²) < 4.78 is 10.8. The minimum absolute atomic E-state index is 0.649. The molecule has 0 spiro atoms. The maximum Gasteiger partial charge on any atom is 0.163 e. The summed E-state index contributed by atoms with van der Waals surface area (Å²) in [5, 5.41) is 6.72. The van der Waals surface area contributed by atoms with E-state index in [0.29, 0.717) is 17.4 Å². The summed E-state index contributed by atoms with van der Waals surface area (Å²) in [5.41, 5.74) is 1.75. The van der Waals surface area contributed by atoms with E-state index in [2.05, 4.69) is 20.5 Å². The van der Waals surface area contributed by atoms with E-state index >= 15 is 0 Å². The topological polar surface area (TPSA) is 71.5 Å². The van der Waals surface area contributed by atoms with E-state index in [9.17, 15) is 0 Å². The Hall–Kier alpha value is -3.32. The van der Waals surface area contributed by atoms with Crippen molar-refractivity contribution in [2.75, 3.05) is 52.0 Å². The summed E-state index contributed by atoms with van der Waals surface area (Å²) in [6, 6.07) is 17.4. The van der Waals surface area contributed by atoms with Gasteiger partial charge in [-0.15, -0.1) is 0 Å². The third-order valence-corrected chi connectivity index (χ3v) is 4.29. The third kappa shape index (κ3) is 5.58. The lowest BCUT2D eigenvalue weighted by molar-refractivity contribution is 0.395. The molecule has 0 atom stereocenters. The monoisotopic (exact) mass is 393 g/mol. The van der Waals surface area contributed by atoms with Crippen LogP contribution in [0.5, 0.6) is 11.5 Å². The predicted octanol–water partition coefficient (Wildman–Crippen LogP) is 3.88. The number of rotatable bonds is 9. The maximum absolute atomic E-state index is 5.49. The standard InChI is InChI=1S/C22H27N5O2/c1-27(2)13-12-23-20-15-21(26-22(25-20)16-8-6-5-7-9-16)24-18-11-10-17(28-3)14-19(18)29-4/h5-11,14-15H,12-13H2,1-4H3,(H2,23,24,25,26). The number of hydrogen-bond donors (Lipinski definition) is 2.